The molecule has 0 fully saturated rings. The Labute approximate surface area is 134 Å². The van der Waals surface area contributed by atoms with Gasteiger partial charge in [0.05, 0.1) is 4.90 Å². The first-order valence-electron chi connectivity index (χ1n) is 6.65. The zero-order valence-corrected chi connectivity index (χ0v) is 14.6. The number of sulfonamides is 1. The van der Waals surface area contributed by atoms with Crippen LogP contribution in [0.15, 0.2) is 51.8 Å². The van der Waals surface area contributed by atoms with Crippen LogP contribution in [-0.4, -0.2) is 8.42 Å². The van der Waals surface area contributed by atoms with E-state index in [1.54, 1.807) is 6.07 Å². The van der Waals surface area contributed by atoms with E-state index in [1.165, 1.54) is 0 Å². The molecule has 5 heteroatoms. The highest BCUT2D eigenvalue weighted by atomic mass is 79.9. The summed E-state index contributed by atoms with van der Waals surface area (Å²) in [6.07, 6.45) is 0. The van der Waals surface area contributed by atoms with Crippen molar-refractivity contribution in [1.29, 1.82) is 0 Å². The highest BCUT2D eigenvalue weighted by molar-refractivity contribution is 9.10. The molecule has 2 aromatic carbocycles. The van der Waals surface area contributed by atoms with E-state index in [0.717, 1.165) is 21.2 Å². The number of aryl methyl sites for hydroxylation is 2. The summed E-state index contributed by atoms with van der Waals surface area (Å²) in [5.41, 5.74) is 2.71. The summed E-state index contributed by atoms with van der Waals surface area (Å²) in [5.74, 6) is 0. The second-order valence-electron chi connectivity index (χ2n) is 5.13. The van der Waals surface area contributed by atoms with Crippen LogP contribution in [0.1, 0.15) is 29.7 Å². The lowest BCUT2D eigenvalue weighted by Gasteiger charge is -2.17. The van der Waals surface area contributed by atoms with Crippen molar-refractivity contribution in [3.05, 3.63) is 63.6 Å². The number of rotatable bonds is 4. The van der Waals surface area contributed by atoms with Gasteiger partial charge in [-0.3, -0.25) is 0 Å². The van der Waals surface area contributed by atoms with E-state index >= 15 is 0 Å². The van der Waals surface area contributed by atoms with Gasteiger partial charge in [0.2, 0.25) is 10.0 Å². The molecule has 2 rings (SSSR count). The summed E-state index contributed by atoms with van der Waals surface area (Å²) in [6, 6.07) is 12.6. The van der Waals surface area contributed by atoms with Gasteiger partial charge in [-0.05, 0) is 44.0 Å². The number of benzene rings is 2. The average molecular weight is 368 g/mol. The SMILES string of the molecule is Cc1ccc(S(=O)(=O)N[C@@H](C)c2ccccc2Br)c(C)c1. The van der Waals surface area contributed by atoms with E-state index in [0.29, 0.717) is 4.90 Å². The van der Waals surface area contributed by atoms with E-state index in [4.69, 9.17) is 0 Å². The molecule has 0 aliphatic heterocycles. The maximum atomic E-state index is 12.5. The first-order valence-corrected chi connectivity index (χ1v) is 8.93. The Kier molecular flexibility index (Phi) is 4.86. The number of hydrogen-bond acceptors (Lipinski definition) is 2. The Balaban J connectivity index is 2.31. The van der Waals surface area contributed by atoms with Gasteiger partial charge in [0, 0.05) is 10.5 Å². The molecule has 0 aromatic heterocycles. The Hall–Kier alpha value is -1.17. The fraction of sp³-hybridized carbons (Fsp3) is 0.250. The van der Waals surface area contributed by atoms with Gasteiger partial charge < -0.3 is 0 Å². The van der Waals surface area contributed by atoms with Crippen molar-refractivity contribution in [2.45, 2.75) is 31.7 Å². The van der Waals surface area contributed by atoms with Gasteiger partial charge in [-0.25, -0.2) is 13.1 Å². The zero-order valence-electron chi connectivity index (χ0n) is 12.2. The molecule has 0 saturated carbocycles. The summed E-state index contributed by atoms with van der Waals surface area (Å²) in [7, 11) is -3.54. The van der Waals surface area contributed by atoms with Crippen molar-refractivity contribution in [1.82, 2.24) is 4.72 Å². The van der Waals surface area contributed by atoms with Crippen molar-refractivity contribution < 1.29 is 8.42 Å². The minimum atomic E-state index is -3.54. The third-order valence-corrected chi connectivity index (χ3v) is 5.75. The molecular formula is C16H18BrNO2S. The Bertz CT molecular complexity index is 757. The first-order chi connectivity index (χ1) is 9.81. The molecule has 0 unspecified atom stereocenters. The molecule has 1 atom stereocenters. The van der Waals surface area contributed by atoms with E-state index in [2.05, 4.69) is 20.7 Å². The van der Waals surface area contributed by atoms with Crippen LogP contribution in [0.4, 0.5) is 0 Å². The summed E-state index contributed by atoms with van der Waals surface area (Å²) in [5, 5.41) is 0. The second kappa shape index (κ2) is 6.30. The lowest BCUT2D eigenvalue weighted by Crippen LogP contribution is -2.27. The van der Waals surface area contributed by atoms with Crippen molar-refractivity contribution in [3.63, 3.8) is 0 Å². The largest absolute Gasteiger partial charge is 0.241 e. The standard InChI is InChI=1S/C16H18BrNO2S/c1-11-8-9-16(12(2)10-11)21(19,20)18-13(3)14-6-4-5-7-15(14)17/h4-10,13,18H,1-3H3/t13-/m0/s1. The quantitative estimate of drug-likeness (QED) is 0.883. The molecule has 3 nitrogen and oxygen atoms in total. The van der Waals surface area contributed by atoms with E-state index < -0.39 is 10.0 Å². The zero-order chi connectivity index (χ0) is 15.6. The predicted octanol–water partition coefficient (Wildman–Crippen LogP) is 4.11. The van der Waals surface area contributed by atoms with Crippen LogP contribution in [0.5, 0.6) is 0 Å². The summed E-state index contributed by atoms with van der Waals surface area (Å²) >= 11 is 3.45. The van der Waals surface area contributed by atoms with Crippen molar-refractivity contribution >= 4 is 26.0 Å². The Morgan fingerprint density at radius 1 is 1.10 bits per heavy atom. The van der Waals surface area contributed by atoms with Gasteiger partial charge in [-0.1, -0.05) is 51.8 Å². The molecule has 0 amide bonds. The van der Waals surface area contributed by atoms with E-state index in [9.17, 15) is 8.42 Å². The van der Waals surface area contributed by atoms with Gasteiger partial charge in [0.25, 0.3) is 0 Å². The molecule has 0 aliphatic carbocycles. The number of nitrogens with one attached hydrogen (secondary N) is 1. The monoisotopic (exact) mass is 367 g/mol. The van der Waals surface area contributed by atoms with Crippen LogP contribution in [0.3, 0.4) is 0 Å². The molecule has 0 bridgehead atoms. The van der Waals surface area contributed by atoms with Crippen LogP contribution < -0.4 is 4.72 Å². The van der Waals surface area contributed by atoms with E-state index in [1.807, 2.05) is 57.2 Å². The highest BCUT2D eigenvalue weighted by Gasteiger charge is 2.21. The highest BCUT2D eigenvalue weighted by Crippen LogP contribution is 2.25. The van der Waals surface area contributed by atoms with Crippen molar-refractivity contribution in [2.24, 2.45) is 0 Å². The fourth-order valence-electron chi connectivity index (χ4n) is 2.29. The predicted molar refractivity (Wildman–Crippen MR) is 88.8 cm³/mol. The maximum absolute atomic E-state index is 12.5. The Morgan fingerprint density at radius 3 is 2.38 bits per heavy atom. The van der Waals surface area contributed by atoms with Gasteiger partial charge in [0.1, 0.15) is 0 Å². The number of hydrogen-bond donors (Lipinski definition) is 1. The van der Waals surface area contributed by atoms with Crippen LogP contribution in [0.25, 0.3) is 0 Å². The van der Waals surface area contributed by atoms with Crippen molar-refractivity contribution in [2.75, 3.05) is 0 Å². The molecule has 21 heavy (non-hydrogen) atoms. The fourth-order valence-corrected chi connectivity index (χ4v) is 4.36. The Morgan fingerprint density at radius 2 is 1.76 bits per heavy atom. The molecule has 2 aromatic rings. The lowest BCUT2D eigenvalue weighted by molar-refractivity contribution is 0.566. The maximum Gasteiger partial charge on any atom is 0.241 e. The summed E-state index contributed by atoms with van der Waals surface area (Å²) < 4.78 is 28.7. The minimum Gasteiger partial charge on any atom is -0.207 e. The van der Waals surface area contributed by atoms with Gasteiger partial charge >= 0.3 is 0 Å². The summed E-state index contributed by atoms with van der Waals surface area (Å²) in [4.78, 5) is 0.326. The molecule has 0 aliphatic rings. The molecular weight excluding hydrogens is 350 g/mol. The van der Waals surface area contributed by atoms with Crippen LogP contribution in [-0.2, 0) is 10.0 Å². The summed E-state index contributed by atoms with van der Waals surface area (Å²) in [6.45, 7) is 5.59. The molecule has 0 spiro atoms. The normalized spacial score (nSPS) is 13.1. The third-order valence-electron chi connectivity index (χ3n) is 3.32. The number of halogens is 1. The van der Waals surface area contributed by atoms with Gasteiger partial charge in [-0.2, -0.15) is 0 Å². The molecule has 0 heterocycles. The lowest BCUT2D eigenvalue weighted by atomic mass is 10.1. The topological polar surface area (TPSA) is 46.2 Å². The van der Waals surface area contributed by atoms with Crippen molar-refractivity contribution in [3.8, 4) is 0 Å². The average Bonchev–Trinajstić information content (AvgIpc) is 2.37. The first kappa shape index (κ1) is 16.2. The van der Waals surface area contributed by atoms with E-state index in [-0.39, 0.29) is 6.04 Å². The van der Waals surface area contributed by atoms with Gasteiger partial charge in [0.15, 0.2) is 0 Å². The van der Waals surface area contributed by atoms with Crippen LogP contribution in [0.2, 0.25) is 0 Å². The second-order valence-corrected chi connectivity index (χ2v) is 7.67. The molecule has 112 valence electrons. The molecule has 0 saturated heterocycles. The molecule has 1 N–H and O–H groups in total. The van der Waals surface area contributed by atoms with Crippen LogP contribution >= 0.6 is 15.9 Å². The minimum absolute atomic E-state index is 0.314. The third kappa shape index (κ3) is 3.73. The smallest absolute Gasteiger partial charge is 0.207 e. The van der Waals surface area contributed by atoms with Crippen LogP contribution in [0, 0.1) is 13.8 Å². The van der Waals surface area contributed by atoms with Gasteiger partial charge in [-0.15, -0.1) is 0 Å². The molecule has 0 radical (unpaired) electrons.